The van der Waals surface area contributed by atoms with Crippen molar-refractivity contribution in [3.05, 3.63) is 47.9 Å². The predicted octanol–water partition coefficient (Wildman–Crippen LogP) is 5.18. The molecule has 0 fully saturated rings. The van der Waals surface area contributed by atoms with Crippen LogP contribution in [0.4, 0.5) is 5.82 Å². The van der Waals surface area contributed by atoms with Crippen LogP contribution < -0.4 is 10.1 Å². The number of anilines is 1. The van der Waals surface area contributed by atoms with Gasteiger partial charge < -0.3 is 10.1 Å². The molecule has 1 atom stereocenters. The molecule has 4 nitrogen and oxygen atoms in total. The third kappa shape index (κ3) is 6.73. The van der Waals surface area contributed by atoms with Crippen LogP contribution in [0.2, 0.25) is 0 Å². The smallest absolute Gasteiger partial charge is 0.179 e. The maximum absolute atomic E-state index is 5.98. The molecule has 1 aromatic carbocycles. The van der Waals surface area contributed by atoms with Crippen molar-refractivity contribution in [1.82, 2.24) is 9.97 Å². The van der Waals surface area contributed by atoms with Crippen LogP contribution in [0.3, 0.4) is 0 Å². The average molecular weight is 341 g/mol. The molecule has 1 N–H and O–H groups in total. The van der Waals surface area contributed by atoms with Gasteiger partial charge in [-0.15, -0.1) is 0 Å². The SMILES string of the molecule is CCCCC(CC)Nc1nc(C)ncc1OCCCc1ccccc1. The minimum absolute atomic E-state index is 0.431. The summed E-state index contributed by atoms with van der Waals surface area (Å²) in [5.41, 5.74) is 1.34. The highest BCUT2D eigenvalue weighted by Gasteiger charge is 2.12. The Balaban J connectivity index is 1.90. The normalized spacial score (nSPS) is 12.0. The Kier molecular flexibility index (Phi) is 8.23. The van der Waals surface area contributed by atoms with Crippen LogP contribution in [-0.4, -0.2) is 22.6 Å². The number of aryl methyl sites for hydroxylation is 2. The molecule has 1 aromatic heterocycles. The molecule has 0 spiro atoms. The van der Waals surface area contributed by atoms with Gasteiger partial charge in [-0.1, -0.05) is 57.0 Å². The van der Waals surface area contributed by atoms with E-state index in [1.165, 1.54) is 18.4 Å². The molecule has 0 bridgehead atoms. The summed E-state index contributed by atoms with van der Waals surface area (Å²) in [7, 11) is 0. The molecule has 136 valence electrons. The van der Waals surface area contributed by atoms with E-state index in [1.54, 1.807) is 6.20 Å². The van der Waals surface area contributed by atoms with Gasteiger partial charge in [0.05, 0.1) is 12.8 Å². The third-order valence-corrected chi connectivity index (χ3v) is 4.33. The maximum Gasteiger partial charge on any atom is 0.179 e. The zero-order chi connectivity index (χ0) is 17.9. The van der Waals surface area contributed by atoms with Crippen LogP contribution in [0.5, 0.6) is 5.75 Å². The van der Waals surface area contributed by atoms with Gasteiger partial charge in [-0.3, -0.25) is 0 Å². The predicted molar refractivity (Wildman–Crippen MR) is 104 cm³/mol. The van der Waals surface area contributed by atoms with Crippen LogP contribution in [0.25, 0.3) is 0 Å². The highest BCUT2D eigenvalue weighted by Crippen LogP contribution is 2.23. The molecule has 1 unspecified atom stereocenters. The Morgan fingerprint density at radius 1 is 1.12 bits per heavy atom. The van der Waals surface area contributed by atoms with Gasteiger partial charge in [0.15, 0.2) is 11.6 Å². The van der Waals surface area contributed by atoms with Crippen LogP contribution in [0.1, 0.15) is 57.3 Å². The zero-order valence-electron chi connectivity index (χ0n) is 15.8. The number of nitrogens with one attached hydrogen (secondary N) is 1. The summed E-state index contributed by atoms with van der Waals surface area (Å²) in [6.07, 6.45) is 8.46. The Bertz CT molecular complexity index is 616. The molecule has 0 saturated carbocycles. The first-order chi connectivity index (χ1) is 12.2. The van der Waals surface area contributed by atoms with E-state index >= 15 is 0 Å². The summed E-state index contributed by atoms with van der Waals surface area (Å²) in [6.45, 7) is 7.02. The van der Waals surface area contributed by atoms with Crippen molar-refractivity contribution < 1.29 is 4.74 Å². The quantitative estimate of drug-likeness (QED) is 0.572. The molecular weight excluding hydrogens is 310 g/mol. The van der Waals surface area contributed by atoms with Crippen molar-refractivity contribution in [3.8, 4) is 5.75 Å². The van der Waals surface area contributed by atoms with E-state index in [0.717, 1.165) is 43.1 Å². The van der Waals surface area contributed by atoms with Crippen LogP contribution in [0.15, 0.2) is 36.5 Å². The Labute approximate surface area is 152 Å². The molecule has 0 aliphatic carbocycles. The number of benzene rings is 1. The van der Waals surface area contributed by atoms with Gasteiger partial charge in [-0.2, -0.15) is 0 Å². The van der Waals surface area contributed by atoms with Crippen molar-refractivity contribution in [2.45, 2.75) is 65.3 Å². The number of ether oxygens (including phenoxy) is 1. The number of nitrogens with zero attached hydrogens (tertiary/aromatic N) is 2. The Morgan fingerprint density at radius 3 is 2.64 bits per heavy atom. The summed E-state index contributed by atoms with van der Waals surface area (Å²) in [6, 6.07) is 10.9. The van der Waals surface area contributed by atoms with E-state index in [-0.39, 0.29) is 0 Å². The van der Waals surface area contributed by atoms with Crippen molar-refractivity contribution in [2.75, 3.05) is 11.9 Å². The highest BCUT2D eigenvalue weighted by molar-refractivity contribution is 5.49. The first kappa shape index (κ1) is 19.2. The van der Waals surface area contributed by atoms with Gasteiger partial charge >= 0.3 is 0 Å². The van der Waals surface area contributed by atoms with Gasteiger partial charge in [0.25, 0.3) is 0 Å². The number of rotatable bonds is 11. The molecule has 4 heteroatoms. The largest absolute Gasteiger partial charge is 0.488 e. The molecule has 0 saturated heterocycles. The maximum atomic E-state index is 5.98. The summed E-state index contributed by atoms with van der Waals surface area (Å²) < 4.78 is 5.98. The topological polar surface area (TPSA) is 47.0 Å². The van der Waals surface area contributed by atoms with Crippen molar-refractivity contribution in [1.29, 1.82) is 0 Å². The van der Waals surface area contributed by atoms with Gasteiger partial charge in [-0.25, -0.2) is 9.97 Å². The van der Waals surface area contributed by atoms with E-state index in [1.807, 2.05) is 13.0 Å². The van der Waals surface area contributed by atoms with Crippen molar-refractivity contribution in [2.24, 2.45) is 0 Å². The summed E-state index contributed by atoms with van der Waals surface area (Å²) in [5, 5.41) is 3.56. The minimum Gasteiger partial charge on any atom is -0.488 e. The monoisotopic (exact) mass is 341 g/mol. The number of hydrogen-bond acceptors (Lipinski definition) is 4. The van der Waals surface area contributed by atoms with E-state index in [2.05, 4.69) is 53.4 Å². The lowest BCUT2D eigenvalue weighted by atomic mass is 10.1. The van der Waals surface area contributed by atoms with E-state index in [4.69, 9.17) is 4.74 Å². The van der Waals surface area contributed by atoms with Crippen molar-refractivity contribution in [3.63, 3.8) is 0 Å². The van der Waals surface area contributed by atoms with Gasteiger partial charge in [0, 0.05) is 6.04 Å². The lowest BCUT2D eigenvalue weighted by Gasteiger charge is -2.19. The van der Waals surface area contributed by atoms with Crippen molar-refractivity contribution >= 4 is 5.82 Å². The van der Waals surface area contributed by atoms with Gasteiger partial charge in [0.2, 0.25) is 0 Å². The van der Waals surface area contributed by atoms with Gasteiger partial charge in [-0.05, 0) is 38.2 Å². The highest BCUT2D eigenvalue weighted by atomic mass is 16.5. The molecule has 1 heterocycles. The molecule has 0 radical (unpaired) electrons. The fourth-order valence-electron chi connectivity index (χ4n) is 2.79. The number of aromatic nitrogens is 2. The molecule has 0 aliphatic heterocycles. The second kappa shape index (κ2) is 10.7. The second-order valence-corrected chi connectivity index (χ2v) is 6.46. The second-order valence-electron chi connectivity index (χ2n) is 6.46. The number of unbranched alkanes of at least 4 members (excludes halogenated alkanes) is 1. The first-order valence-electron chi connectivity index (χ1n) is 9.49. The minimum atomic E-state index is 0.431. The molecule has 25 heavy (non-hydrogen) atoms. The Morgan fingerprint density at radius 2 is 1.92 bits per heavy atom. The molecule has 0 amide bonds. The van der Waals surface area contributed by atoms with Crippen LogP contribution in [0, 0.1) is 6.92 Å². The van der Waals surface area contributed by atoms with E-state index in [0.29, 0.717) is 12.6 Å². The molecule has 2 rings (SSSR count). The Hall–Kier alpha value is -2.10. The summed E-state index contributed by atoms with van der Waals surface area (Å²) in [4.78, 5) is 8.85. The molecular formula is C21H31N3O. The van der Waals surface area contributed by atoms with Crippen LogP contribution in [-0.2, 0) is 6.42 Å². The first-order valence-corrected chi connectivity index (χ1v) is 9.49. The lowest BCUT2D eigenvalue weighted by molar-refractivity contribution is 0.309. The van der Waals surface area contributed by atoms with Crippen LogP contribution >= 0.6 is 0 Å². The standard InChI is InChI=1S/C21H31N3O/c1-4-6-14-19(5-2)24-21-20(16-22-17(3)23-21)25-15-10-13-18-11-8-7-9-12-18/h7-9,11-12,16,19H,4-6,10,13-15H2,1-3H3,(H,22,23,24). The third-order valence-electron chi connectivity index (χ3n) is 4.33. The molecule has 2 aromatic rings. The average Bonchev–Trinajstić information content (AvgIpc) is 2.64. The van der Waals surface area contributed by atoms with E-state index in [9.17, 15) is 0 Å². The van der Waals surface area contributed by atoms with Gasteiger partial charge in [0.1, 0.15) is 5.82 Å². The zero-order valence-corrected chi connectivity index (χ0v) is 15.8. The summed E-state index contributed by atoms with van der Waals surface area (Å²) >= 11 is 0. The fraction of sp³-hybridized carbons (Fsp3) is 0.524. The molecule has 0 aliphatic rings. The number of hydrogen-bond donors (Lipinski definition) is 1. The fourth-order valence-corrected chi connectivity index (χ4v) is 2.79. The lowest BCUT2D eigenvalue weighted by Crippen LogP contribution is -2.20. The summed E-state index contributed by atoms with van der Waals surface area (Å²) in [5.74, 6) is 2.35. The van der Waals surface area contributed by atoms with E-state index < -0.39 is 0 Å².